The van der Waals surface area contributed by atoms with Crippen LogP contribution < -0.4 is 5.73 Å². The number of anilines is 1. The monoisotopic (exact) mass is 316 g/mol. The highest BCUT2D eigenvalue weighted by atomic mass is 32.2. The molecule has 0 saturated heterocycles. The second kappa shape index (κ2) is 7.75. The molecule has 120 valence electrons. The maximum absolute atomic E-state index is 13.8. The van der Waals surface area contributed by atoms with E-state index in [0.717, 1.165) is 31.7 Å². The summed E-state index contributed by atoms with van der Waals surface area (Å²) in [5.41, 5.74) is 5.86. The van der Waals surface area contributed by atoms with Gasteiger partial charge in [0.25, 0.3) is 0 Å². The zero-order valence-electron chi connectivity index (χ0n) is 13.0. The van der Waals surface area contributed by atoms with Gasteiger partial charge in [0.2, 0.25) is 10.0 Å². The van der Waals surface area contributed by atoms with Crippen molar-refractivity contribution in [2.24, 2.45) is 0 Å². The Kier molecular flexibility index (Phi) is 6.61. The van der Waals surface area contributed by atoms with Crippen molar-refractivity contribution >= 4 is 15.7 Å². The van der Waals surface area contributed by atoms with Gasteiger partial charge in [-0.25, -0.2) is 12.8 Å². The van der Waals surface area contributed by atoms with E-state index < -0.39 is 15.8 Å². The van der Waals surface area contributed by atoms with E-state index in [1.54, 1.807) is 0 Å². The maximum Gasteiger partial charge on any atom is 0.243 e. The summed E-state index contributed by atoms with van der Waals surface area (Å²) >= 11 is 0. The number of nitrogens with zero attached hydrogens (tertiary/aromatic N) is 1. The van der Waals surface area contributed by atoms with E-state index >= 15 is 0 Å². The highest BCUT2D eigenvalue weighted by molar-refractivity contribution is 7.89. The number of halogens is 1. The molecule has 0 radical (unpaired) electrons. The summed E-state index contributed by atoms with van der Waals surface area (Å²) in [5, 5.41) is 0. The lowest BCUT2D eigenvalue weighted by molar-refractivity contribution is 0.394. The molecule has 0 aromatic heterocycles. The molecule has 0 heterocycles. The average molecular weight is 316 g/mol. The molecule has 0 aliphatic rings. The van der Waals surface area contributed by atoms with Crippen LogP contribution in [0.25, 0.3) is 0 Å². The minimum Gasteiger partial charge on any atom is -0.399 e. The summed E-state index contributed by atoms with van der Waals surface area (Å²) in [5.74, 6) is -0.584. The Hall–Kier alpha value is -1.14. The van der Waals surface area contributed by atoms with E-state index in [2.05, 4.69) is 0 Å². The molecule has 0 bridgehead atoms. The summed E-state index contributed by atoms with van der Waals surface area (Å²) < 4.78 is 40.8. The van der Waals surface area contributed by atoms with Crippen LogP contribution in [0.4, 0.5) is 10.1 Å². The van der Waals surface area contributed by atoms with Crippen molar-refractivity contribution < 1.29 is 12.8 Å². The summed E-state index contributed by atoms with van der Waals surface area (Å²) in [6.45, 7) is 6.40. The van der Waals surface area contributed by atoms with E-state index in [-0.39, 0.29) is 16.1 Å². The molecule has 1 rings (SSSR count). The lowest BCUT2D eigenvalue weighted by Gasteiger charge is -2.23. The van der Waals surface area contributed by atoms with Crippen LogP contribution in [0.3, 0.4) is 0 Å². The Morgan fingerprint density at radius 2 is 1.67 bits per heavy atom. The SMILES string of the molecule is CCCCN(CCCC)S(=O)(=O)c1cc(N)cc(F)c1C. The van der Waals surface area contributed by atoms with E-state index in [9.17, 15) is 12.8 Å². The van der Waals surface area contributed by atoms with Crippen molar-refractivity contribution in [2.75, 3.05) is 18.8 Å². The van der Waals surface area contributed by atoms with E-state index in [1.165, 1.54) is 17.3 Å². The number of nitrogens with two attached hydrogens (primary N) is 1. The van der Waals surface area contributed by atoms with Gasteiger partial charge in [0.15, 0.2) is 0 Å². The Labute approximate surface area is 127 Å². The third-order valence-electron chi connectivity index (χ3n) is 3.46. The van der Waals surface area contributed by atoms with Crippen LogP contribution in [0.5, 0.6) is 0 Å². The zero-order chi connectivity index (χ0) is 16.0. The molecule has 0 saturated carbocycles. The number of hydrogen-bond donors (Lipinski definition) is 1. The molecule has 1 aromatic rings. The fourth-order valence-corrected chi connectivity index (χ4v) is 3.89. The van der Waals surface area contributed by atoms with Gasteiger partial charge in [0.05, 0.1) is 4.90 Å². The van der Waals surface area contributed by atoms with Crippen molar-refractivity contribution in [3.63, 3.8) is 0 Å². The fourth-order valence-electron chi connectivity index (χ4n) is 2.10. The molecule has 4 nitrogen and oxygen atoms in total. The van der Waals surface area contributed by atoms with Crippen LogP contribution in [0.2, 0.25) is 0 Å². The Morgan fingerprint density at radius 3 is 2.14 bits per heavy atom. The number of unbranched alkanes of at least 4 members (excludes halogenated alkanes) is 2. The van der Waals surface area contributed by atoms with Gasteiger partial charge in [0, 0.05) is 24.3 Å². The van der Waals surface area contributed by atoms with Crippen molar-refractivity contribution in [3.05, 3.63) is 23.5 Å². The largest absolute Gasteiger partial charge is 0.399 e. The smallest absolute Gasteiger partial charge is 0.243 e. The molecule has 0 unspecified atom stereocenters. The fraction of sp³-hybridized carbons (Fsp3) is 0.600. The number of sulfonamides is 1. The summed E-state index contributed by atoms with van der Waals surface area (Å²) in [6.07, 6.45) is 3.38. The highest BCUT2D eigenvalue weighted by Gasteiger charge is 2.26. The third-order valence-corrected chi connectivity index (χ3v) is 5.48. The van der Waals surface area contributed by atoms with Crippen LogP contribution in [-0.2, 0) is 10.0 Å². The maximum atomic E-state index is 13.8. The van der Waals surface area contributed by atoms with Gasteiger partial charge in [-0.1, -0.05) is 26.7 Å². The second-order valence-corrected chi connectivity index (χ2v) is 7.14. The molecule has 0 spiro atoms. The lowest BCUT2D eigenvalue weighted by Crippen LogP contribution is -2.33. The van der Waals surface area contributed by atoms with E-state index in [4.69, 9.17) is 5.73 Å². The number of rotatable bonds is 8. The molecule has 0 atom stereocenters. The van der Waals surface area contributed by atoms with Crippen molar-refractivity contribution in [1.82, 2.24) is 4.31 Å². The highest BCUT2D eigenvalue weighted by Crippen LogP contribution is 2.25. The first-order valence-corrected chi connectivity index (χ1v) is 8.84. The minimum absolute atomic E-state index is 0.0211. The molecular formula is C15H25FN2O2S. The van der Waals surface area contributed by atoms with Gasteiger partial charge >= 0.3 is 0 Å². The Balaban J connectivity index is 3.21. The molecule has 6 heteroatoms. The first-order valence-electron chi connectivity index (χ1n) is 7.40. The molecule has 0 aliphatic carbocycles. The predicted molar refractivity (Wildman–Crippen MR) is 84.1 cm³/mol. The summed E-state index contributed by atoms with van der Waals surface area (Å²) in [7, 11) is -3.71. The molecule has 0 amide bonds. The quantitative estimate of drug-likeness (QED) is 0.748. The second-order valence-electron chi connectivity index (χ2n) is 5.24. The molecule has 1 aromatic carbocycles. The van der Waals surface area contributed by atoms with Crippen LogP contribution in [0.1, 0.15) is 45.1 Å². The number of benzene rings is 1. The van der Waals surface area contributed by atoms with Crippen LogP contribution in [-0.4, -0.2) is 25.8 Å². The zero-order valence-corrected chi connectivity index (χ0v) is 13.8. The first kappa shape index (κ1) is 17.9. The van der Waals surface area contributed by atoms with E-state index in [1.807, 2.05) is 13.8 Å². The van der Waals surface area contributed by atoms with Gasteiger partial charge < -0.3 is 5.73 Å². The summed E-state index contributed by atoms with van der Waals surface area (Å²) in [6, 6.07) is 2.50. The van der Waals surface area contributed by atoms with Gasteiger partial charge in [0.1, 0.15) is 5.82 Å². The van der Waals surface area contributed by atoms with Gasteiger partial charge in [-0.3, -0.25) is 0 Å². The topological polar surface area (TPSA) is 63.4 Å². The normalized spacial score (nSPS) is 12.0. The van der Waals surface area contributed by atoms with Crippen molar-refractivity contribution in [2.45, 2.75) is 51.3 Å². The van der Waals surface area contributed by atoms with E-state index in [0.29, 0.717) is 13.1 Å². The first-order chi connectivity index (χ1) is 9.84. The van der Waals surface area contributed by atoms with Gasteiger partial charge in [-0.15, -0.1) is 0 Å². The van der Waals surface area contributed by atoms with Crippen LogP contribution in [0, 0.1) is 12.7 Å². The Morgan fingerprint density at radius 1 is 1.14 bits per heavy atom. The van der Waals surface area contributed by atoms with Gasteiger partial charge in [-0.05, 0) is 31.9 Å². The number of hydrogen-bond acceptors (Lipinski definition) is 3. The third kappa shape index (κ3) is 4.41. The lowest BCUT2D eigenvalue weighted by atomic mass is 10.2. The molecule has 0 aliphatic heterocycles. The van der Waals surface area contributed by atoms with Gasteiger partial charge in [-0.2, -0.15) is 4.31 Å². The summed E-state index contributed by atoms with van der Waals surface area (Å²) in [4.78, 5) is -0.0211. The minimum atomic E-state index is -3.71. The van der Waals surface area contributed by atoms with Crippen LogP contribution in [0.15, 0.2) is 17.0 Å². The predicted octanol–water partition coefficient (Wildman–Crippen LogP) is 3.31. The average Bonchev–Trinajstić information content (AvgIpc) is 2.42. The number of nitrogen functional groups attached to an aromatic ring is 1. The van der Waals surface area contributed by atoms with Crippen molar-refractivity contribution in [3.8, 4) is 0 Å². The molecule has 0 fully saturated rings. The van der Waals surface area contributed by atoms with Crippen LogP contribution >= 0.6 is 0 Å². The molecule has 2 N–H and O–H groups in total. The van der Waals surface area contributed by atoms with Crippen molar-refractivity contribution in [1.29, 1.82) is 0 Å². The molecular weight excluding hydrogens is 291 g/mol. The Bertz CT molecular complexity index is 565. The molecule has 21 heavy (non-hydrogen) atoms. The standard InChI is InChI=1S/C15H25FN2O2S/c1-4-6-8-18(9-7-5-2)21(19,20)15-11-13(17)10-14(16)12(15)3/h10-11H,4-9,17H2,1-3H3.